The van der Waals surface area contributed by atoms with E-state index in [1.165, 1.54) is 82.9 Å². The zero-order chi connectivity index (χ0) is 40.7. The highest BCUT2D eigenvalue weighted by atomic mass is 15.1. The predicted octanol–water partition coefficient (Wildman–Crippen LogP) is 15.9. The highest BCUT2D eigenvalue weighted by molar-refractivity contribution is 6.15. The van der Waals surface area contributed by atoms with Gasteiger partial charge in [-0.1, -0.05) is 152 Å². The first-order chi connectivity index (χ1) is 30.1. The maximum Gasteiger partial charge on any atom is 0.0732 e. The van der Waals surface area contributed by atoms with Crippen LogP contribution in [-0.4, -0.2) is 0 Å². The summed E-state index contributed by atoms with van der Waals surface area (Å²) >= 11 is 0. The van der Waals surface area contributed by atoms with E-state index in [0.29, 0.717) is 0 Å². The molecule has 10 aromatic carbocycles. The first-order valence-corrected chi connectivity index (χ1v) is 21.3. The summed E-state index contributed by atoms with van der Waals surface area (Å²) in [7, 11) is 0. The van der Waals surface area contributed by atoms with Gasteiger partial charge in [0.1, 0.15) is 0 Å². The fourth-order valence-corrected chi connectivity index (χ4v) is 10.7. The van der Waals surface area contributed by atoms with Gasteiger partial charge in [-0.05, 0) is 152 Å². The van der Waals surface area contributed by atoms with Gasteiger partial charge in [-0.15, -0.1) is 0 Å². The van der Waals surface area contributed by atoms with Gasteiger partial charge >= 0.3 is 0 Å². The predicted molar refractivity (Wildman–Crippen MR) is 257 cm³/mol. The van der Waals surface area contributed by atoms with Crippen molar-refractivity contribution in [3.63, 3.8) is 0 Å². The van der Waals surface area contributed by atoms with Crippen molar-refractivity contribution >= 4 is 55.7 Å². The summed E-state index contributed by atoms with van der Waals surface area (Å²) in [4.78, 5) is 4.85. The normalized spacial score (nSPS) is 12.9. The minimum Gasteiger partial charge on any atom is -0.310 e. The molecule has 2 nitrogen and oxygen atoms in total. The molecule has 2 heteroatoms. The third kappa shape index (κ3) is 5.22. The van der Waals surface area contributed by atoms with Gasteiger partial charge in [0.2, 0.25) is 0 Å². The first kappa shape index (κ1) is 35.3. The van der Waals surface area contributed by atoms with Crippen molar-refractivity contribution in [2.24, 2.45) is 0 Å². The van der Waals surface area contributed by atoms with E-state index in [9.17, 15) is 0 Å². The smallest absolute Gasteiger partial charge is 0.0732 e. The second-order valence-corrected chi connectivity index (χ2v) is 16.6. The molecule has 0 saturated carbocycles. The highest BCUT2D eigenvalue weighted by Crippen LogP contribution is 2.66. The van der Waals surface area contributed by atoms with E-state index in [4.69, 9.17) is 0 Å². The Morgan fingerprint density at radius 3 is 1.49 bits per heavy atom. The number of anilines is 6. The minimum absolute atomic E-state index is 0.567. The molecular formula is C59H42N2. The van der Waals surface area contributed by atoms with Gasteiger partial charge in [-0.3, -0.25) is 0 Å². The molecule has 0 aliphatic heterocycles. The molecule has 0 bridgehead atoms. The number of rotatable bonds is 6. The first-order valence-electron chi connectivity index (χ1n) is 21.3. The Balaban J connectivity index is 1.19. The van der Waals surface area contributed by atoms with Crippen molar-refractivity contribution in [1.82, 2.24) is 0 Å². The summed E-state index contributed by atoms with van der Waals surface area (Å²) < 4.78 is 0. The average molecular weight is 779 g/mol. The third-order valence-corrected chi connectivity index (χ3v) is 13.1. The summed E-state index contributed by atoms with van der Waals surface area (Å²) in [6.07, 6.45) is 0. The molecular weight excluding hydrogens is 737 g/mol. The Labute approximate surface area is 357 Å². The molecule has 12 rings (SSSR count). The Hall–Kier alpha value is -7.68. The molecule has 0 radical (unpaired) electrons. The summed E-state index contributed by atoms with van der Waals surface area (Å²) in [6.45, 7) is 4.35. The van der Waals surface area contributed by atoms with Crippen molar-refractivity contribution in [3.8, 4) is 22.3 Å². The van der Waals surface area contributed by atoms with Crippen LogP contribution >= 0.6 is 0 Å². The van der Waals surface area contributed by atoms with Gasteiger partial charge in [0.15, 0.2) is 0 Å². The van der Waals surface area contributed by atoms with E-state index >= 15 is 0 Å². The molecule has 0 atom stereocenters. The highest BCUT2D eigenvalue weighted by Gasteiger charge is 2.53. The molecule has 0 fully saturated rings. The number of aryl methyl sites for hydroxylation is 2. The number of para-hydroxylation sites is 2. The molecule has 61 heavy (non-hydrogen) atoms. The van der Waals surface area contributed by atoms with Crippen molar-refractivity contribution in [1.29, 1.82) is 0 Å². The molecule has 0 saturated heterocycles. The van der Waals surface area contributed by atoms with Crippen molar-refractivity contribution in [2.75, 3.05) is 9.80 Å². The Morgan fingerprint density at radius 2 is 0.852 bits per heavy atom. The quantitative estimate of drug-likeness (QED) is 0.166. The Morgan fingerprint density at radius 1 is 0.328 bits per heavy atom. The van der Waals surface area contributed by atoms with Crippen LogP contribution in [0.4, 0.5) is 34.1 Å². The lowest BCUT2D eigenvalue weighted by molar-refractivity contribution is 0.802. The fourth-order valence-electron chi connectivity index (χ4n) is 10.7. The third-order valence-electron chi connectivity index (χ3n) is 13.1. The van der Waals surface area contributed by atoms with Gasteiger partial charge in [0, 0.05) is 33.8 Å². The summed E-state index contributed by atoms with van der Waals surface area (Å²) in [5.41, 5.74) is 19.3. The van der Waals surface area contributed by atoms with Crippen LogP contribution in [0.3, 0.4) is 0 Å². The number of hydrogen-bond acceptors (Lipinski definition) is 2. The van der Waals surface area contributed by atoms with E-state index < -0.39 is 5.41 Å². The largest absolute Gasteiger partial charge is 0.310 e. The zero-order valence-corrected chi connectivity index (χ0v) is 34.2. The van der Waals surface area contributed by atoms with E-state index in [1.807, 2.05) is 0 Å². The molecule has 2 aliphatic carbocycles. The molecule has 0 heterocycles. The standard InChI is InChI=1S/C59H42N2/c1-39-17-15-23-44(35-39)60(42-19-5-3-6-20-42)46-32-34-47-41(37-46)31-33-52-57-51-28-10-9-27-50(51)56(61(43-21-7-4-8-22-43)45-24-16-18-40(2)36-45)38-55(57)59(58(47)52)53-29-13-11-25-48(53)49-26-12-14-30-54(49)59/h3-38H,1-2H3. The number of fused-ring (bicyclic) bond motifs is 14. The zero-order valence-electron chi connectivity index (χ0n) is 34.2. The van der Waals surface area contributed by atoms with E-state index in [1.54, 1.807) is 0 Å². The van der Waals surface area contributed by atoms with E-state index in [2.05, 4.69) is 242 Å². The topological polar surface area (TPSA) is 6.48 Å². The van der Waals surface area contributed by atoms with Crippen LogP contribution in [0.2, 0.25) is 0 Å². The molecule has 1 spiro atoms. The van der Waals surface area contributed by atoms with Gasteiger partial charge in [-0.25, -0.2) is 0 Å². The molecule has 0 unspecified atom stereocenters. The number of benzene rings is 10. The van der Waals surface area contributed by atoms with Crippen LogP contribution in [0.5, 0.6) is 0 Å². The molecule has 0 N–H and O–H groups in total. The number of nitrogens with zero attached hydrogens (tertiary/aromatic N) is 2. The summed E-state index contributed by atoms with van der Waals surface area (Å²) in [5.74, 6) is 0. The van der Waals surface area contributed by atoms with Crippen LogP contribution in [-0.2, 0) is 5.41 Å². The Bertz CT molecular complexity index is 3300. The minimum atomic E-state index is -0.567. The Kier molecular flexibility index (Phi) is 7.92. The maximum atomic E-state index is 2.54. The van der Waals surface area contributed by atoms with Crippen molar-refractivity contribution < 1.29 is 0 Å². The average Bonchev–Trinajstić information content (AvgIpc) is 3.77. The van der Waals surface area contributed by atoms with E-state index in [-0.39, 0.29) is 0 Å². The molecule has 2 aliphatic rings. The molecule has 0 amide bonds. The molecule has 0 aromatic heterocycles. The van der Waals surface area contributed by atoms with Crippen LogP contribution < -0.4 is 9.80 Å². The van der Waals surface area contributed by atoms with Gasteiger partial charge < -0.3 is 9.80 Å². The lowest BCUT2D eigenvalue weighted by atomic mass is 9.69. The number of hydrogen-bond donors (Lipinski definition) is 0. The van der Waals surface area contributed by atoms with Crippen molar-refractivity contribution in [3.05, 3.63) is 252 Å². The van der Waals surface area contributed by atoms with Gasteiger partial charge in [0.25, 0.3) is 0 Å². The fraction of sp³-hybridized carbons (Fsp3) is 0.0508. The maximum absolute atomic E-state index is 2.54. The lowest BCUT2D eigenvalue weighted by Crippen LogP contribution is -2.26. The lowest BCUT2D eigenvalue weighted by Gasteiger charge is -2.34. The van der Waals surface area contributed by atoms with E-state index in [0.717, 1.165) is 28.4 Å². The monoisotopic (exact) mass is 778 g/mol. The van der Waals surface area contributed by atoms with Crippen molar-refractivity contribution in [2.45, 2.75) is 19.3 Å². The van der Waals surface area contributed by atoms with Crippen LogP contribution in [0.1, 0.15) is 33.4 Å². The SMILES string of the molecule is Cc1cccc(N(c2ccccc2)c2ccc3c4c(ccc3c2)-c2c(cc(N(c3ccccc3)c3cccc(C)c3)c3ccccc23)C42c3ccccc3-c3ccccc32)c1. The second-order valence-electron chi connectivity index (χ2n) is 16.6. The van der Waals surface area contributed by atoms with Crippen LogP contribution in [0.15, 0.2) is 218 Å². The molecule has 288 valence electrons. The van der Waals surface area contributed by atoms with Gasteiger partial charge in [-0.2, -0.15) is 0 Å². The van der Waals surface area contributed by atoms with Crippen LogP contribution in [0, 0.1) is 13.8 Å². The molecule has 10 aromatic rings. The van der Waals surface area contributed by atoms with Gasteiger partial charge in [0.05, 0.1) is 11.1 Å². The van der Waals surface area contributed by atoms with Crippen LogP contribution in [0.25, 0.3) is 43.8 Å². The summed E-state index contributed by atoms with van der Waals surface area (Å²) in [6, 6.07) is 81.1. The summed E-state index contributed by atoms with van der Waals surface area (Å²) in [5, 5.41) is 4.97. The second kappa shape index (κ2) is 13.7.